The van der Waals surface area contributed by atoms with Crippen LogP contribution in [0.1, 0.15) is 67.2 Å². The Labute approximate surface area is 177 Å². The van der Waals surface area contributed by atoms with Crippen LogP contribution in [0.15, 0.2) is 30.5 Å². The maximum atomic E-state index is 13.0. The summed E-state index contributed by atoms with van der Waals surface area (Å²) in [6, 6.07) is 5.24. The first-order valence-corrected chi connectivity index (χ1v) is 10.7. The molecule has 2 fully saturated rings. The normalized spacial score (nSPS) is 26.2. The third-order valence-electron chi connectivity index (χ3n) is 6.39. The van der Waals surface area contributed by atoms with Crippen molar-refractivity contribution in [2.24, 2.45) is 0 Å². The van der Waals surface area contributed by atoms with Gasteiger partial charge in [0.1, 0.15) is 17.9 Å². The number of nitrogens with one attached hydrogen (secondary N) is 1. The molecule has 1 unspecified atom stereocenters. The first-order valence-electron chi connectivity index (χ1n) is 10.7. The monoisotopic (exact) mass is 411 g/mol. The van der Waals surface area contributed by atoms with Crippen LogP contribution >= 0.6 is 0 Å². The molecular formula is C23H29N3O4. The van der Waals surface area contributed by atoms with Crippen LogP contribution in [0.4, 0.5) is 0 Å². The molecule has 3 aliphatic rings. The Morgan fingerprint density at radius 1 is 1.20 bits per heavy atom. The van der Waals surface area contributed by atoms with E-state index >= 15 is 0 Å². The van der Waals surface area contributed by atoms with E-state index in [1.807, 2.05) is 0 Å². The number of hydrogen-bond donors (Lipinski definition) is 1. The van der Waals surface area contributed by atoms with Gasteiger partial charge in [-0.3, -0.25) is 24.2 Å². The average Bonchev–Trinajstić information content (AvgIpc) is 2.91. The van der Waals surface area contributed by atoms with E-state index in [2.05, 4.69) is 37.6 Å². The Morgan fingerprint density at radius 2 is 1.90 bits per heavy atom. The predicted octanol–water partition coefficient (Wildman–Crippen LogP) is 2.72. The van der Waals surface area contributed by atoms with Crippen molar-refractivity contribution in [3.8, 4) is 5.75 Å². The second-order valence-corrected chi connectivity index (χ2v) is 8.62. The quantitative estimate of drug-likeness (QED) is 0.728. The average molecular weight is 412 g/mol. The standard InChI is InChI=1S/C23H29N3O4/c1-5-25(13(2)3)15-10-17(11-15)30-16-7-8-18-19(12-16)23(29)26(22(18)28)20-9-6-14(4)24-21(20)27/h7-8,12-13,15,17,20H,4-6,9-11H2,1-3H3,(H,24,27). The van der Waals surface area contributed by atoms with Gasteiger partial charge in [0.25, 0.3) is 11.8 Å². The number of rotatable bonds is 6. The summed E-state index contributed by atoms with van der Waals surface area (Å²) in [5.41, 5.74) is 1.25. The smallest absolute Gasteiger partial charge is 0.262 e. The zero-order valence-electron chi connectivity index (χ0n) is 17.8. The molecule has 1 N–H and O–H groups in total. The van der Waals surface area contributed by atoms with E-state index in [4.69, 9.17) is 4.74 Å². The van der Waals surface area contributed by atoms with Gasteiger partial charge >= 0.3 is 0 Å². The number of carbonyl (C=O) groups excluding carboxylic acids is 3. The van der Waals surface area contributed by atoms with Crippen molar-refractivity contribution in [3.63, 3.8) is 0 Å². The van der Waals surface area contributed by atoms with Gasteiger partial charge in [-0.25, -0.2) is 0 Å². The SMILES string of the molecule is C=C1CCC(N2C(=O)c3ccc(OC4CC(N(CC)C(C)C)C4)cc3C2=O)C(=O)N1. The molecule has 30 heavy (non-hydrogen) atoms. The summed E-state index contributed by atoms with van der Waals surface area (Å²) in [7, 11) is 0. The van der Waals surface area contributed by atoms with Crippen molar-refractivity contribution in [2.75, 3.05) is 6.54 Å². The summed E-state index contributed by atoms with van der Waals surface area (Å²) in [5, 5.41) is 2.64. The highest BCUT2D eigenvalue weighted by atomic mass is 16.5. The van der Waals surface area contributed by atoms with E-state index in [0.29, 0.717) is 47.5 Å². The van der Waals surface area contributed by atoms with Crippen LogP contribution in [0.25, 0.3) is 0 Å². The molecular weight excluding hydrogens is 382 g/mol. The number of ether oxygens (including phenoxy) is 1. The van der Waals surface area contributed by atoms with Crippen molar-refractivity contribution in [1.82, 2.24) is 15.1 Å². The van der Waals surface area contributed by atoms with Gasteiger partial charge in [0, 0.05) is 30.6 Å². The van der Waals surface area contributed by atoms with Crippen LogP contribution in [-0.4, -0.2) is 58.3 Å². The molecule has 1 aromatic rings. The number of amides is 3. The summed E-state index contributed by atoms with van der Waals surface area (Å²) < 4.78 is 6.08. The van der Waals surface area contributed by atoms with Crippen LogP contribution in [0.3, 0.4) is 0 Å². The van der Waals surface area contributed by atoms with Gasteiger partial charge in [-0.1, -0.05) is 13.5 Å². The van der Waals surface area contributed by atoms with Crippen molar-refractivity contribution in [2.45, 2.75) is 70.7 Å². The van der Waals surface area contributed by atoms with Crippen molar-refractivity contribution >= 4 is 17.7 Å². The molecule has 1 saturated carbocycles. The molecule has 7 nitrogen and oxygen atoms in total. The maximum Gasteiger partial charge on any atom is 0.262 e. The fourth-order valence-electron chi connectivity index (χ4n) is 4.75. The number of imide groups is 1. The summed E-state index contributed by atoms with van der Waals surface area (Å²) in [4.78, 5) is 41.6. The van der Waals surface area contributed by atoms with Crippen LogP contribution < -0.4 is 10.1 Å². The number of hydrogen-bond acceptors (Lipinski definition) is 5. The third kappa shape index (κ3) is 3.51. The maximum absolute atomic E-state index is 13.0. The highest BCUT2D eigenvalue weighted by Gasteiger charge is 2.44. The fraction of sp³-hybridized carbons (Fsp3) is 0.522. The van der Waals surface area contributed by atoms with E-state index in [1.54, 1.807) is 18.2 Å². The van der Waals surface area contributed by atoms with Crippen LogP contribution in [0, 0.1) is 0 Å². The number of nitrogens with zero attached hydrogens (tertiary/aromatic N) is 2. The summed E-state index contributed by atoms with van der Waals surface area (Å²) in [6.07, 6.45) is 2.96. The summed E-state index contributed by atoms with van der Waals surface area (Å²) in [6.45, 7) is 11.3. The molecule has 3 amide bonds. The second kappa shape index (κ2) is 7.87. The van der Waals surface area contributed by atoms with Crippen LogP contribution in [0.2, 0.25) is 0 Å². The zero-order valence-corrected chi connectivity index (χ0v) is 17.8. The molecule has 0 spiro atoms. The second-order valence-electron chi connectivity index (χ2n) is 8.62. The fourth-order valence-corrected chi connectivity index (χ4v) is 4.75. The molecule has 4 rings (SSSR count). The van der Waals surface area contributed by atoms with E-state index in [0.717, 1.165) is 24.3 Å². The largest absolute Gasteiger partial charge is 0.490 e. The lowest BCUT2D eigenvalue weighted by molar-refractivity contribution is -0.125. The van der Waals surface area contributed by atoms with Gasteiger partial charge in [0.15, 0.2) is 0 Å². The molecule has 160 valence electrons. The lowest BCUT2D eigenvalue weighted by Gasteiger charge is -2.44. The van der Waals surface area contributed by atoms with Crippen LogP contribution in [-0.2, 0) is 4.79 Å². The highest BCUT2D eigenvalue weighted by molar-refractivity contribution is 6.23. The van der Waals surface area contributed by atoms with Gasteiger partial charge in [0.2, 0.25) is 5.91 Å². The molecule has 0 aromatic heterocycles. The van der Waals surface area contributed by atoms with Gasteiger partial charge in [0.05, 0.1) is 11.1 Å². The number of allylic oxidation sites excluding steroid dienone is 1. The molecule has 0 radical (unpaired) electrons. The lowest BCUT2D eigenvalue weighted by Crippen LogP contribution is -2.51. The zero-order chi connectivity index (χ0) is 21.6. The topological polar surface area (TPSA) is 79.0 Å². The Morgan fingerprint density at radius 3 is 2.53 bits per heavy atom. The predicted molar refractivity (Wildman–Crippen MR) is 112 cm³/mol. The van der Waals surface area contributed by atoms with E-state index in [-0.39, 0.29) is 12.0 Å². The number of benzene rings is 1. The minimum absolute atomic E-state index is 0.110. The van der Waals surface area contributed by atoms with Crippen molar-refractivity contribution in [1.29, 1.82) is 0 Å². The molecule has 1 saturated heterocycles. The molecule has 0 bridgehead atoms. The molecule has 1 aliphatic carbocycles. The first-order chi connectivity index (χ1) is 14.3. The van der Waals surface area contributed by atoms with Gasteiger partial charge in [-0.15, -0.1) is 0 Å². The molecule has 1 atom stereocenters. The van der Waals surface area contributed by atoms with E-state index in [9.17, 15) is 14.4 Å². The Balaban J connectivity index is 1.44. The van der Waals surface area contributed by atoms with Crippen molar-refractivity contribution in [3.05, 3.63) is 41.6 Å². The Kier molecular flexibility index (Phi) is 5.40. The highest BCUT2D eigenvalue weighted by Crippen LogP contribution is 2.34. The Hall–Kier alpha value is -2.67. The number of fused-ring (bicyclic) bond motifs is 1. The minimum atomic E-state index is -0.796. The number of piperidine rings is 1. The van der Waals surface area contributed by atoms with Crippen molar-refractivity contribution < 1.29 is 19.1 Å². The van der Waals surface area contributed by atoms with Crippen LogP contribution in [0.5, 0.6) is 5.75 Å². The molecule has 1 aromatic carbocycles. The van der Waals surface area contributed by atoms with Gasteiger partial charge in [-0.05, 0) is 51.4 Å². The molecule has 7 heteroatoms. The van der Waals surface area contributed by atoms with E-state index in [1.165, 1.54) is 0 Å². The van der Waals surface area contributed by atoms with E-state index < -0.39 is 17.9 Å². The summed E-state index contributed by atoms with van der Waals surface area (Å²) >= 11 is 0. The minimum Gasteiger partial charge on any atom is -0.490 e. The lowest BCUT2D eigenvalue weighted by atomic mass is 9.87. The Bertz CT molecular complexity index is 904. The molecule has 2 aliphatic heterocycles. The molecule has 2 heterocycles. The number of carbonyl (C=O) groups is 3. The first kappa shape index (κ1) is 20.6. The van der Waals surface area contributed by atoms with Gasteiger partial charge < -0.3 is 10.1 Å². The summed E-state index contributed by atoms with van der Waals surface area (Å²) in [5.74, 6) is -0.623. The van der Waals surface area contributed by atoms with Gasteiger partial charge in [-0.2, -0.15) is 0 Å². The third-order valence-corrected chi connectivity index (χ3v) is 6.39.